The molecule has 41 heavy (non-hydrogen) atoms. The van der Waals surface area contributed by atoms with Crippen molar-refractivity contribution in [2.75, 3.05) is 0 Å². The molecule has 12 heteroatoms. The molecule has 1 aromatic carbocycles. The van der Waals surface area contributed by atoms with Crippen molar-refractivity contribution < 1.29 is 22.0 Å². The summed E-state index contributed by atoms with van der Waals surface area (Å²) in [4.78, 5) is 21.3. The van der Waals surface area contributed by atoms with Crippen molar-refractivity contribution in [2.45, 2.75) is 37.3 Å². The lowest BCUT2D eigenvalue weighted by Gasteiger charge is -2.46. The monoisotopic (exact) mass is 566 g/mol. The quantitative estimate of drug-likeness (QED) is 0.253. The van der Waals surface area contributed by atoms with Crippen molar-refractivity contribution in [3.05, 3.63) is 112 Å². The first-order chi connectivity index (χ1) is 19.4. The number of rotatable bonds is 5. The Bertz CT molecular complexity index is 1820. The molecule has 6 rings (SSSR count). The minimum Gasteiger partial charge on any atom is -0.320 e. The molecule has 0 saturated heterocycles. The summed E-state index contributed by atoms with van der Waals surface area (Å²) in [6.45, 7) is 2.12. The van der Waals surface area contributed by atoms with Gasteiger partial charge in [0.1, 0.15) is 12.2 Å². The number of alkyl halides is 5. The van der Waals surface area contributed by atoms with E-state index in [0.717, 1.165) is 48.9 Å². The van der Waals surface area contributed by atoms with Crippen LogP contribution in [0.15, 0.2) is 78.4 Å². The average Bonchev–Trinajstić information content (AvgIpc) is 3.36. The third-order valence-corrected chi connectivity index (χ3v) is 7.75. The number of pyridine rings is 2. The number of hydrogen-bond acceptors (Lipinski definition) is 5. The number of nitrogens with zero attached hydrogens (tertiary/aromatic N) is 6. The zero-order valence-electron chi connectivity index (χ0n) is 21.9. The van der Waals surface area contributed by atoms with Crippen LogP contribution in [-0.4, -0.2) is 29.1 Å². The predicted octanol–water partition coefficient (Wildman–Crippen LogP) is 5.76. The van der Waals surface area contributed by atoms with Crippen molar-refractivity contribution in [1.29, 1.82) is 0 Å². The second-order valence-corrected chi connectivity index (χ2v) is 10.6. The molecule has 1 saturated carbocycles. The van der Waals surface area contributed by atoms with Crippen LogP contribution in [-0.2, 0) is 24.6 Å². The molecule has 0 radical (unpaired) electrons. The van der Waals surface area contributed by atoms with E-state index in [1.165, 1.54) is 12.3 Å². The van der Waals surface area contributed by atoms with Crippen LogP contribution >= 0.6 is 0 Å². The average molecular weight is 567 g/mol. The minimum absolute atomic E-state index is 0.0280. The first kappa shape index (κ1) is 26.7. The first-order valence-corrected chi connectivity index (χ1v) is 12.8. The maximum Gasteiger partial charge on any atom is 0.419 e. The van der Waals surface area contributed by atoms with Gasteiger partial charge < -0.3 is 4.57 Å². The van der Waals surface area contributed by atoms with Crippen molar-refractivity contribution in [3.63, 3.8) is 0 Å². The van der Waals surface area contributed by atoms with Crippen molar-refractivity contribution in [3.8, 4) is 11.1 Å². The molecule has 5 aromatic rings. The molecule has 210 valence electrons. The lowest BCUT2D eigenvalue weighted by atomic mass is 9.58. The van der Waals surface area contributed by atoms with Crippen LogP contribution in [0.3, 0.4) is 0 Å². The summed E-state index contributed by atoms with van der Waals surface area (Å²) < 4.78 is 75.4. The molecule has 1 aliphatic rings. The highest BCUT2D eigenvalue weighted by atomic mass is 19.4. The smallest absolute Gasteiger partial charge is 0.320 e. The molecule has 7 nitrogen and oxygen atoms in total. The van der Waals surface area contributed by atoms with Gasteiger partial charge >= 0.3 is 12.1 Å². The maximum absolute atomic E-state index is 15.4. The summed E-state index contributed by atoms with van der Waals surface area (Å²) in [5.41, 5.74) is -3.96. The van der Waals surface area contributed by atoms with Crippen LogP contribution in [0.1, 0.15) is 47.8 Å². The zero-order valence-corrected chi connectivity index (χ0v) is 21.9. The van der Waals surface area contributed by atoms with Crippen LogP contribution < -0.4 is 5.56 Å². The molecular weight excluding hydrogens is 543 g/mol. The Morgan fingerprint density at radius 3 is 2.41 bits per heavy atom. The first-order valence-electron chi connectivity index (χ1n) is 12.8. The van der Waals surface area contributed by atoms with Gasteiger partial charge in [-0.1, -0.05) is 25.1 Å². The fourth-order valence-corrected chi connectivity index (χ4v) is 5.86. The van der Waals surface area contributed by atoms with Crippen molar-refractivity contribution in [2.24, 2.45) is 13.0 Å². The molecule has 0 unspecified atom stereocenters. The molecule has 1 fully saturated rings. The van der Waals surface area contributed by atoms with Gasteiger partial charge in [0.15, 0.2) is 5.65 Å². The molecule has 1 aliphatic carbocycles. The van der Waals surface area contributed by atoms with E-state index in [4.69, 9.17) is 0 Å². The molecular formula is C29H23F5N6O. The summed E-state index contributed by atoms with van der Waals surface area (Å²) in [6.07, 6.45) is 2.07. The lowest BCUT2D eigenvalue weighted by Crippen LogP contribution is -2.43. The number of aromatic nitrogens is 6. The zero-order chi connectivity index (χ0) is 29.2. The van der Waals surface area contributed by atoms with Gasteiger partial charge in [-0.15, -0.1) is 10.2 Å². The van der Waals surface area contributed by atoms with Crippen LogP contribution in [0.2, 0.25) is 0 Å². The Labute approximate surface area is 230 Å². The number of benzene rings is 1. The number of aryl methyl sites for hydroxylation is 1. The summed E-state index contributed by atoms with van der Waals surface area (Å²) in [7, 11) is 1.85. The predicted molar refractivity (Wildman–Crippen MR) is 139 cm³/mol. The SMILES string of the molecule is CC1CC(c2cccc(-c3cnc4c(C(F)(F)F)cc(C(F)(F)c5cccnc5)cn4c3=O)c2)(c2nncn2C)C1. The molecule has 0 aliphatic heterocycles. The van der Waals surface area contributed by atoms with E-state index in [9.17, 15) is 18.0 Å². The van der Waals surface area contributed by atoms with E-state index < -0.39 is 45.4 Å². The summed E-state index contributed by atoms with van der Waals surface area (Å²) in [5, 5.41) is 8.34. The normalized spacial score (nSPS) is 19.3. The summed E-state index contributed by atoms with van der Waals surface area (Å²) >= 11 is 0. The molecule has 0 N–H and O–H groups in total. The standard InChI is InChI=1S/C29H23F5N6O/c1-17-11-27(12-17,26-38-37-16-39(26)2)19-6-3-5-18(9-19)22-14-36-24-23(29(32,33)34)10-21(15-40(24)25(22)41)28(30,31)20-7-4-8-35-13-20/h3-10,13-17H,11-12H2,1-2H3. The van der Waals surface area contributed by atoms with E-state index in [-0.39, 0.29) is 5.56 Å². The molecule has 0 amide bonds. The summed E-state index contributed by atoms with van der Waals surface area (Å²) in [6, 6.07) is 9.71. The second kappa shape index (κ2) is 9.28. The molecule has 0 spiro atoms. The van der Waals surface area contributed by atoms with Crippen LogP contribution in [0.5, 0.6) is 0 Å². The maximum atomic E-state index is 15.4. The Morgan fingerprint density at radius 2 is 1.78 bits per heavy atom. The highest BCUT2D eigenvalue weighted by Crippen LogP contribution is 2.51. The van der Waals surface area contributed by atoms with Gasteiger partial charge in [0.05, 0.1) is 16.5 Å². The van der Waals surface area contributed by atoms with E-state index in [0.29, 0.717) is 21.9 Å². The van der Waals surface area contributed by atoms with E-state index >= 15 is 8.78 Å². The van der Waals surface area contributed by atoms with Gasteiger partial charge in [0, 0.05) is 43.0 Å². The molecule has 0 bridgehead atoms. The third-order valence-electron chi connectivity index (χ3n) is 7.75. The molecule has 0 atom stereocenters. The van der Waals surface area contributed by atoms with Crippen LogP contribution in [0, 0.1) is 5.92 Å². The van der Waals surface area contributed by atoms with Gasteiger partial charge in [0.25, 0.3) is 5.56 Å². The Balaban J connectivity index is 1.53. The molecule has 4 aromatic heterocycles. The number of hydrogen-bond donors (Lipinski definition) is 0. The highest BCUT2D eigenvalue weighted by molar-refractivity contribution is 5.66. The Morgan fingerprint density at radius 1 is 1.00 bits per heavy atom. The van der Waals surface area contributed by atoms with Crippen molar-refractivity contribution in [1.82, 2.24) is 29.1 Å². The van der Waals surface area contributed by atoms with Crippen LogP contribution in [0.4, 0.5) is 22.0 Å². The topological polar surface area (TPSA) is 78.0 Å². The largest absolute Gasteiger partial charge is 0.419 e. The summed E-state index contributed by atoms with van der Waals surface area (Å²) in [5.74, 6) is -2.68. The minimum atomic E-state index is -5.05. The lowest BCUT2D eigenvalue weighted by molar-refractivity contribution is -0.136. The van der Waals surface area contributed by atoms with Gasteiger partial charge in [-0.05, 0) is 54.2 Å². The third kappa shape index (κ3) is 4.28. The fraction of sp³-hybridized carbons (Fsp3) is 0.276. The van der Waals surface area contributed by atoms with Crippen LogP contribution in [0.25, 0.3) is 16.8 Å². The Kier molecular flexibility index (Phi) is 6.05. The van der Waals surface area contributed by atoms with Gasteiger partial charge in [-0.25, -0.2) is 4.98 Å². The Hall–Kier alpha value is -4.48. The van der Waals surface area contributed by atoms with E-state index in [1.807, 2.05) is 17.7 Å². The van der Waals surface area contributed by atoms with Crippen molar-refractivity contribution >= 4 is 5.65 Å². The number of fused-ring (bicyclic) bond motifs is 1. The second-order valence-electron chi connectivity index (χ2n) is 10.6. The van der Waals surface area contributed by atoms with E-state index in [2.05, 4.69) is 27.1 Å². The van der Waals surface area contributed by atoms with Gasteiger partial charge in [-0.2, -0.15) is 22.0 Å². The van der Waals surface area contributed by atoms with E-state index in [1.54, 1.807) is 24.5 Å². The number of halogens is 5. The molecule has 4 heterocycles. The highest BCUT2D eigenvalue weighted by Gasteiger charge is 2.48. The fourth-order valence-electron chi connectivity index (χ4n) is 5.86. The van der Waals surface area contributed by atoms with Gasteiger partial charge in [0.2, 0.25) is 0 Å². The van der Waals surface area contributed by atoms with Gasteiger partial charge in [-0.3, -0.25) is 14.2 Å².